The van der Waals surface area contributed by atoms with E-state index >= 15 is 0 Å². The Morgan fingerprint density at radius 1 is 1.12 bits per heavy atom. The molecule has 0 spiro atoms. The van der Waals surface area contributed by atoms with Crippen LogP contribution in [0.25, 0.3) is 0 Å². The number of rotatable bonds is 3. The van der Waals surface area contributed by atoms with E-state index in [1.54, 1.807) is 0 Å². The van der Waals surface area contributed by atoms with Crippen molar-refractivity contribution >= 4 is 34.6 Å². The minimum atomic E-state index is 0.218. The van der Waals surface area contributed by atoms with Crippen molar-refractivity contribution in [1.82, 2.24) is 5.32 Å². The maximum absolute atomic E-state index is 12.1. The lowest BCUT2D eigenvalue weighted by molar-refractivity contribution is -0.117. The third-order valence-electron chi connectivity index (χ3n) is 5.27. The van der Waals surface area contributed by atoms with Crippen molar-refractivity contribution in [2.75, 3.05) is 16.8 Å². The third kappa shape index (κ3) is 4.94. The maximum Gasteiger partial charge on any atom is 0.227 e. The smallest absolute Gasteiger partial charge is 0.227 e. The number of thiocarbonyl (C=S) groups is 1. The normalized spacial score (nSPS) is 19.4. The van der Waals surface area contributed by atoms with Crippen LogP contribution >= 0.6 is 12.2 Å². The summed E-state index contributed by atoms with van der Waals surface area (Å²) in [5.74, 6) is 0.218. The molecule has 0 bridgehead atoms. The summed E-state index contributed by atoms with van der Waals surface area (Å²) in [5.41, 5.74) is 3.07. The highest BCUT2D eigenvalue weighted by molar-refractivity contribution is 7.80. The zero-order chi connectivity index (χ0) is 17.6. The summed E-state index contributed by atoms with van der Waals surface area (Å²) in [6.07, 6.45) is 10.6. The van der Waals surface area contributed by atoms with Gasteiger partial charge in [-0.1, -0.05) is 38.2 Å². The number of hydrogen-bond donors (Lipinski definition) is 2. The van der Waals surface area contributed by atoms with E-state index in [-0.39, 0.29) is 5.91 Å². The molecule has 1 amide bonds. The number of benzene rings is 1. The molecule has 4 nitrogen and oxygen atoms in total. The lowest BCUT2D eigenvalue weighted by atomic mass is 9.97. The van der Waals surface area contributed by atoms with E-state index in [1.165, 1.54) is 44.9 Å². The van der Waals surface area contributed by atoms with Crippen molar-refractivity contribution in [2.24, 2.45) is 0 Å². The first kappa shape index (κ1) is 18.2. The van der Waals surface area contributed by atoms with Crippen molar-refractivity contribution in [3.63, 3.8) is 0 Å². The fraction of sp³-hybridized carbons (Fsp3) is 0.600. The zero-order valence-electron chi connectivity index (χ0n) is 15.1. The predicted octanol–water partition coefficient (Wildman–Crippen LogP) is 4.52. The number of anilines is 2. The fourth-order valence-electron chi connectivity index (χ4n) is 3.83. The molecule has 5 heteroatoms. The monoisotopic (exact) mass is 359 g/mol. The number of hydrogen-bond acceptors (Lipinski definition) is 2. The molecule has 0 unspecified atom stereocenters. The van der Waals surface area contributed by atoms with Gasteiger partial charge in [0.2, 0.25) is 5.91 Å². The molecule has 1 saturated carbocycles. The number of nitrogens with zero attached hydrogens (tertiary/aromatic N) is 1. The number of aryl methyl sites for hydroxylation is 1. The quantitative estimate of drug-likeness (QED) is 0.779. The van der Waals surface area contributed by atoms with Gasteiger partial charge in [-0.05, 0) is 56.1 Å². The van der Waals surface area contributed by atoms with Gasteiger partial charge in [0.1, 0.15) is 0 Å². The van der Waals surface area contributed by atoms with E-state index < -0.39 is 0 Å². The summed E-state index contributed by atoms with van der Waals surface area (Å²) < 4.78 is 0. The summed E-state index contributed by atoms with van der Waals surface area (Å²) in [5, 5.41) is 7.49. The molecule has 1 saturated heterocycles. The van der Waals surface area contributed by atoms with E-state index in [4.69, 9.17) is 12.2 Å². The van der Waals surface area contributed by atoms with Crippen LogP contribution in [0.4, 0.5) is 11.4 Å². The summed E-state index contributed by atoms with van der Waals surface area (Å²) >= 11 is 5.53. The van der Waals surface area contributed by atoms with Gasteiger partial charge in [0.15, 0.2) is 5.11 Å². The van der Waals surface area contributed by atoms with Crippen molar-refractivity contribution < 1.29 is 4.79 Å². The van der Waals surface area contributed by atoms with E-state index in [0.717, 1.165) is 29.9 Å². The van der Waals surface area contributed by atoms with E-state index in [1.807, 2.05) is 17.0 Å². The molecule has 2 fully saturated rings. The first-order chi connectivity index (χ1) is 12.1. The Hall–Kier alpha value is -1.62. The molecule has 1 heterocycles. The highest BCUT2D eigenvalue weighted by Crippen LogP contribution is 2.28. The van der Waals surface area contributed by atoms with Gasteiger partial charge in [0, 0.05) is 30.4 Å². The minimum Gasteiger partial charge on any atom is -0.360 e. The number of carbonyl (C=O) groups is 1. The van der Waals surface area contributed by atoms with Crippen LogP contribution in [0, 0.1) is 6.92 Å². The van der Waals surface area contributed by atoms with Gasteiger partial charge in [-0.25, -0.2) is 0 Å². The SMILES string of the molecule is Cc1ccc(NC(=S)NC2CCCCCCC2)cc1N1CCCC1=O. The Bertz CT molecular complexity index is 623. The molecule has 2 aliphatic rings. The average molecular weight is 360 g/mol. The molecular weight excluding hydrogens is 330 g/mol. The third-order valence-corrected chi connectivity index (χ3v) is 5.49. The topological polar surface area (TPSA) is 44.4 Å². The van der Waals surface area contributed by atoms with E-state index in [2.05, 4.69) is 23.6 Å². The van der Waals surface area contributed by atoms with Gasteiger partial charge in [0.05, 0.1) is 0 Å². The van der Waals surface area contributed by atoms with E-state index in [9.17, 15) is 4.79 Å². The van der Waals surface area contributed by atoms with Crippen molar-refractivity contribution in [2.45, 2.75) is 70.8 Å². The molecule has 0 aromatic heterocycles. The van der Waals surface area contributed by atoms with Crippen molar-refractivity contribution in [3.05, 3.63) is 23.8 Å². The Morgan fingerprint density at radius 2 is 1.84 bits per heavy atom. The first-order valence-corrected chi connectivity index (χ1v) is 10.0. The zero-order valence-corrected chi connectivity index (χ0v) is 16.0. The predicted molar refractivity (Wildman–Crippen MR) is 108 cm³/mol. The van der Waals surface area contributed by atoms with Crippen molar-refractivity contribution in [3.8, 4) is 0 Å². The molecule has 3 rings (SSSR count). The fourth-order valence-corrected chi connectivity index (χ4v) is 4.12. The second kappa shape index (κ2) is 8.65. The van der Waals surface area contributed by atoms with Crippen LogP contribution in [-0.2, 0) is 4.79 Å². The van der Waals surface area contributed by atoms with Gasteiger partial charge >= 0.3 is 0 Å². The molecule has 136 valence electrons. The molecule has 1 aliphatic carbocycles. The highest BCUT2D eigenvalue weighted by atomic mass is 32.1. The molecule has 1 aromatic rings. The van der Waals surface area contributed by atoms with Gasteiger partial charge in [-0.2, -0.15) is 0 Å². The highest BCUT2D eigenvalue weighted by Gasteiger charge is 2.23. The van der Waals surface area contributed by atoms with Crippen LogP contribution in [0.5, 0.6) is 0 Å². The minimum absolute atomic E-state index is 0.218. The summed E-state index contributed by atoms with van der Waals surface area (Å²) in [6.45, 7) is 2.86. The molecule has 0 radical (unpaired) electrons. The van der Waals surface area contributed by atoms with Crippen LogP contribution in [-0.4, -0.2) is 23.6 Å². The lowest BCUT2D eigenvalue weighted by Gasteiger charge is -2.23. The molecule has 0 atom stereocenters. The van der Waals surface area contributed by atoms with E-state index in [0.29, 0.717) is 17.6 Å². The van der Waals surface area contributed by atoms with Gasteiger partial charge in [-0.15, -0.1) is 0 Å². The number of nitrogens with one attached hydrogen (secondary N) is 2. The van der Waals surface area contributed by atoms with Crippen molar-refractivity contribution in [1.29, 1.82) is 0 Å². The molecular formula is C20H29N3OS. The maximum atomic E-state index is 12.1. The Labute approximate surface area is 156 Å². The second-order valence-corrected chi connectivity index (χ2v) is 7.70. The summed E-state index contributed by atoms with van der Waals surface area (Å²) in [7, 11) is 0. The van der Waals surface area contributed by atoms with Crippen LogP contribution in [0.1, 0.15) is 63.4 Å². The summed E-state index contributed by atoms with van der Waals surface area (Å²) in [6, 6.07) is 6.61. The average Bonchev–Trinajstić information content (AvgIpc) is 2.97. The summed E-state index contributed by atoms with van der Waals surface area (Å²) in [4.78, 5) is 13.9. The molecule has 1 aromatic carbocycles. The van der Waals surface area contributed by atoms with Gasteiger partial charge in [0.25, 0.3) is 0 Å². The lowest BCUT2D eigenvalue weighted by Crippen LogP contribution is -2.38. The Kier molecular flexibility index (Phi) is 6.29. The number of amides is 1. The van der Waals surface area contributed by atoms with Gasteiger partial charge in [-0.3, -0.25) is 4.79 Å². The second-order valence-electron chi connectivity index (χ2n) is 7.29. The number of carbonyl (C=O) groups excluding carboxylic acids is 1. The van der Waals surface area contributed by atoms with Crippen LogP contribution in [0.2, 0.25) is 0 Å². The van der Waals surface area contributed by atoms with Crippen LogP contribution in [0.3, 0.4) is 0 Å². The largest absolute Gasteiger partial charge is 0.360 e. The van der Waals surface area contributed by atoms with Crippen LogP contribution < -0.4 is 15.5 Å². The standard InChI is InChI=1S/C20H29N3OS/c1-15-11-12-17(14-18(15)23-13-7-10-19(23)24)22-20(25)21-16-8-5-3-2-4-6-9-16/h11-12,14,16H,2-10,13H2,1H3,(H2,21,22,25). The van der Waals surface area contributed by atoms with Gasteiger partial charge < -0.3 is 15.5 Å². The van der Waals surface area contributed by atoms with Crippen LogP contribution in [0.15, 0.2) is 18.2 Å². The molecule has 1 aliphatic heterocycles. The Balaban J connectivity index is 1.61. The molecule has 2 N–H and O–H groups in total. The first-order valence-electron chi connectivity index (χ1n) is 9.62. The molecule has 25 heavy (non-hydrogen) atoms. The Morgan fingerprint density at radius 3 is 2.52 bits per heavy atom.